The van der Waals surface area contributed by atoms with Gasteiger partial charge in [-0.25, -0.2) is 4.39 Å². The number of benzene rings is 1. The molecule has 0 bridgehead atoms. The number of nitrogens with one attached hydrogen (secondary N) is 1. The van der Waals surface area contributed by atoms with Gasteiger partial charge in [0, 0.05) is 16.8 Å². The number of thiol groups is 1. The highest BCUT2D eigenvalue weighted by molar-refractivity contribution is 9.10. The summed E-state index contributed by atoms with van der Waals surface area (Å²) in [5, 5.41) is 2.92. The van der Waals surface area contributed by atoms with Crippen LogP contribution in [0, 0.1) is 5.82 Å². The van der Waals surface area contributed by atoms with E-state index in [4.69, 9.17) is 0 Å². The predicted octanol–water partition coefficient (Wildman–Crippen LogP) is 2.93. The van der Waals surface area contributed by atoms with Crippen LogP contribution in [0.15, 0.2) is 22.7 Å². The van der Waals surface area contributed by atoms with Crippen LogP contribution in [-0.4, -0.2) is 12.3 Å². The van der Waals surface area contributed by atoms with Gasteiger partial charge in [-0.1, -0.05) is 15.9 Å². The minimum absolute atomic E-state index is 0.236. The lowest BCUT2D eigenvalue weighted by atomic mass is 10.3. The average molecular weight is 250 g/mol. The van der Waals surface area contributed by atoms with E-state index in [-0.39, 0.29) is 5.82 Å². The Kier molecular flexibility index (Phi) is 3.88. The number of halogens is 2. The molecular weight excluding hydrogens is 241 g/mol. The van der Waals surface area contributed by atoms with Gasteiger partial charge in [0.2, 0.25) is 0 Å². The Hall–Kier alpha value is -0.220. The van der Waals surface area contributed by atoms with Crippen molar-refractivity contribution in [2.75, 3.05) is 17.6 Å². The molecule has 0 unspecified atom stereocenters. The second-order valence-electron chi connectivity index (χ2n) is 2.27. The second-order valence-corrected chi connectivity index (χ2v) is 3.64. The quantitative estimate of drug-likeness (QED) is 0.786. The van der Waals surface area contributed by atoms with E-state index in [2.05, 4.69) is 33.9 Å². The third-order valence-corrected chi connectivity index (χ3v) is 2.07. The first kappa shape index (κ1) is 9.86. The molecule has 0 atom stereocenters. The summed E-state index contributed by atoms with van der Waals surface area (Å²) in [7, 11) is 0. The molecule has 1 rings (SSSR count). The van der Waals surface area contributed by atoms with Crippen LogP contribution >= 0.6 is 28.6 Å². The fourth-order valence-electron chi connectivity index (χ4n) is 0.824. The van der Waals surface area contributed by atoms with Crippen LogP contribution in [0.4, 0.5) is 10.1 Å². The summed E-state index contributed by atoms with van der Waals surface area (Å²) in [6, 6.07) is 4.80. The lowest BCUT2D eigenvalue weighted by Gasteiger charge is -2.05. The maximum Gasteiger partial charge on any atom is 0.146 e. The molecule has 0 heterocycles. The normalized spacial score (nSPS) is 9.92. The summed E-state index contributed by atoms with van der Waals surface area (Å²) in [6.07, 6.45) is 0. The molecule has 0 amide bonds. The first-order chi connectivity index (χ1) is 5.74. The molecule has 0 aromatic heterocycles. The molecule has 4 heteroatoms. The Morgan fingerprint density at radius 2 is 2.25 bits per heavy atom. The van der Waals surface area contributed by atoms with Gasteiger partial charge in [0.15, 0.2) is 0 Å². The number of anilines is 1. The van der Waals surface area contributed by atoms with E-state index in [1.165, 1.54) is 6.07 Å². The van der Waals surface area contributed by atoms with Gasteiger partial charge < -0.3 is 5.32 Å². The molecule has 0 saturated carbocycles. The molecule has 0 aliphatic carbocycles. The molecule has 0 saturated heterocycles. The summed E-state index contributed by atoms with van der Waals surface area (Å²) >= 11 is 7.28. The zero-order valence-electron chi connectivity index (χ0n) is 6.35. The predicted molar refractivity (Wildman–Crippen MR) is 56.4 cm³/mol. The van der Waals surface area contributed by atoms with Crippen LogP contribution in [0.2, 0.25) is 0 Å². The summed E-state index contributed by atoms with van der Waals surface area (Å²) in [4.78, 5) is 0. The molecule has 66 valence electrons. The van der Waals surface area contributed by atoms with Crippen molar-refractivity contribution >= 4 is 34.2 Å². The Bertz CT molecular complexity index is 267. The van der Waals surface area contributed by atoms with Crippen LogP contribution in [0.5, 0.6) is 0 Å². The zero-order valence-corrected chi connectivity index (χ0v) is 8.83. The van der Waals surface area contributed by atoms with Crippen molar-refractivity contribution in [3.8, 4) is 0 Å². The first-order valence-corrected chi connectivity index (χ1v) is 4.96. The average Bonchev–Trinajstić information content (AvgIpc) is 2.07. The van der Waals surface area contributed by atoms with Crippen molar-refractivity contribution in [1.82, 2.24) is 0 Å². The number of hydrogen-bond donors (Lipinski definition) is 2. The van der Waals surface area contributed by atoms with Gasteiger partial charge in [-0.2, -0.15) is 12.6 Å². The van der Waals surface area contributed by atoms with Crippen molar-refractivity contribution < 1.29 is 4.39 Å². The van der Waals surface area contributed by atoms with E-state index >= 15 is 0 Å². The zero-order chi connectivity index (χ0) is 8.97. The molecule has 12 heavy (non-hydrogen) atoms. The molecule has 1 aromatic rings. The van der Waals surface area contributed by atoms with Crippen molar-refractivity contribution in [1.29, 1.82) is 0 Å². The van der Waals surface area contributed by atoms with E-state index in [0.717, 1.165) is 4.47 Å². The van der Waals surface area contributed by atoms with Crippen molar-refractivity contribution in [2.45, 2.75) is 0 Å². The van der Waals surface area contributed by atoms with E-state index in [0.29, 0.717) is 18.0 Å². The summed E-state index contributed by atoms with van der Waals surface area (Å²) in [5.41, 5.74) is 0.512. The van der Waals surface area contributed by atoms with E-state index in [9.17, 15) is 4.39 Å². The van der Waals surface area contributed by atoms with Gasteiger partial charge in [0.25, 0.3) is 0 Å². The second kappa shape index (κ2) is 4.72. The minimum Gasteiger partial charge on any atom is -0.382 e. The standard InChI is InChI=1S/C8H9BrFNS/c9-6-1-2-7(10)8(5-6)11-3-4-12/h1-2,5,11-12H,3-4H2. The van der Waals surface area contributed by atoms with Crippen molar-refractivity contribution in [2.24, 2.45) is 0 Å². The van der Waals surface area contributed by atoms with Gasteiger partial charge in [0.1, 0.15) is 5.82 Å². The Balaban J connectivity index is 2.75. The van der Waals surface area contributed by atoms with Crippen molar-refractivity contribution in [3.05, 3.63) is 28.5 Å². The fraction of sp³-hybridized carbons (Fsp3) is 0.250. The molecule has 1 nitrogen and oxygen atoms in total. The van der Waals surface area contributed by atoms with Gasteiger partial charge in [0.05, 0.1) is 5.69 Å². The highest BCUT2D eigenvalue weighted by atomic mass is 79.9. The molecule has 0 aliphatic heterocycles. The van der Waals surface area contributed by atoms with E-state index < -0.39 is 0 Å². The van der Waals surface area contributed by atoms with Gasteiger partial charge in [-0.15, -0.1) is 0 Å². The molecule has 0 radical (unpaired) electrons. The highest BCUT2D eigenvalue weighted by Crippen LogP contribution is 2.19. The third kappa shape index (κ3) is 2.68. The Labute approximate surface area is 84.9 Å². The smallest absolute Gasteiger partial charge is 0.146 e. The highest BCUT2D eigenvalue weighted by Gasteiger charge is 2.00. The SMILES string of the molecule is Fc1ccc(Br)cc1NCCS. The Morgan fingerprint density at radius 3 is 2.92 bits per heavy atom. The lowest BCUT2D eigenvalue weighted by molar-refractivity contribution is 0.630. The number of hydrogen-bond acceptors (Lipinski definition) is 2. The topological polar surface area (TPSA) is 12.0 Å². The maximum absolute atomic E-state index is 13.0. The van der Waals surface area contributed by atoms with Crippen LogP contribution in [0.25, 0.3) is 0 Å². The molecule has 1 N–H and O–H groups in total. The van der Waals surface area contributed by atoms with E-state index in [1.54, 1.807) is 12.1 Å². The van der Waals surface area contributed by atoms with Crippen LogP contribution in [0.3, 0.4) is 0 Å². The largest absolute Gasteiger partial charge is 0.382 e. The molecule has 1 aromatic carbocycles. The third-order valence-electron chi connectivity index (χ3n) is 1.36. The molecule has 0 spiro atoms. The van der Waals surface area contributed by atoms with Gasteiger partial charge in [-0.3, -0.25) is 0 Å². The van der Waals surface area contributed by atoms with Crippen LogP contribution in [0.1, 0.15) is 0 Å². The summed E-state index contributed by atoms with van der Waals surface area (Å²) in [6.45, 7) is 0.663. The minimum atomic E-state index is -0.236. The lowest BCUT2D eigenvalue weighted by Crippen LogP contribution is -2.04. The first-order valence-electron chi connectivity index (χ1n) is 3.54. The molecular formula is C8H9BrFNS. The van der Waals surface area contributed by atoms with Gasteiger partial charge >= 0.3 is 0 Å². The fourth-order valence-corrected chi connectivity index (χ4v) is 1.30. The van der Waals surface area contributed by atoms with Crippen LogP contribution < -0.4 is 5.32 Å². The van der Waals surface area contributed by atoms with Crippen molar-refractivity contribution in [3.63, 3.8) is 0 Å². The summed E-state index contributed by atoms with van der Waals surface area (Å²) < 4.78 is 13.9. The van der Waals surface area contributed by atoms with E-state index in [1.807, 2.05) is 0 Å². The summed E-state index contributed by atoms with van der Waals surface area (Å²) in [5.74, 6) is 0.450. The maximum atomic E-state index is 13.0. The molecule has 0 fully saturated rings. The monoisotopic (exact) mass is 249 g/mol. The van der Waals surface area contributed by atoms with Gasteiger partial charge in [-0.05, 0) is 18.2 Å². The number of rotatable bonds is 3. The molecule has 0 aliphatic rings. The van der Waals surface area contributed by atoms with Crippen LogP contribution in [-0.2, 0) is 0 Å². The Morgan fingerprint density at radius 1 is 1.50 bits per heavy atom.